The van der Waals surface area contributed by atoms with Crippen LogP contribution < -0.4 is 10.5 Å². The van der Waals surface area contributed by atoms with E-state index in [9.17, 15) is 4.39 Å². The van der Waals surface area contributed by atoms with Crippen LogP contribution in [-0.4, -0.2) is 11.5 Å². The third kappa shape index (κ3) is 3.05. The number of hydrogen-bond acceptors (Lipinski definition) is 3. The molecule has 18 heavy (non-hydrogen) atoms. The average Bonchev–Trinajstić information content (AvgIpc) is 2.35. The molecule has 0 saturated heterocycles. The van der Waals surface area contributed by atoms with E-state index in [0.717, 1.165) is 12.0 Å². The Hall–Kier alpha value is -1.94. The van der Waals surface area contributed by atoms with Crippen molar-refractivity contribution in [1.29, 1.82) is 0 Å². The van der Waals surface area contributed by atoms with Crippen molar-refractivity contribution >= 4 is 0 Å². The molecule has 0 saturated carbocycles. The third-order valence-electron chi connectivity index (χ3n) is 2.57. The summed E-state index contributed by atoms with van der Waals surface area (Å²) >= 11 is 0. The van der Waals surface area contributed by atoms with Crippen LogP contribution in [0.3, 0.4) is 0 Å². The van der Waals surface area contributed by atoms with Gasteiger partial charge in [0.1, 0.15) is 17.3 Å². The van der Waals surface area contributed by atoms with Gasteiger partial charge in [0.2, 0.25) is 0 Å². The van der Waals surface area contributed by atoms with Crippen molar-refractivity contribution in [3.8, 4) is 11.5 Å². The number of benzene rings is 1. The summed E-state index contributed by atoms with van der Waals surface area (Å²) in [5.41, 5.74) is 7.07. The molecule has 1 aromatic carbocycles. The van der Waals surface area contributed by atoms with Crippen LogP contribution in [0.15, 0.2) is 36.7 Å². The molecule has 2 N–H and O–H groups in total. The summed E-state index contributed by atoms with van der Waals surface area (Å²) in [5.74, 6) is 0.991. The summed E-state index contributed by atoms with van der Waals surface area (Å²) < 4.78 is 18.8. The highest BCUT2D eigenvalue weighted by atomic mass is 19.1. The summed E-state index contributed by atoms with van der Waals surface area (Å²) in [4.78, 5) is 4.08. The molecule has 0 fully saturated rings. The first-order valence-corrected chi connectivity index (χ1v) is 5.77. The second-order valence-electron chi connectivity index (χ2n) is 4.08. The molecule has 3 nitrogen and oxygen atoms in total. The van der Waals surface area contributed by atoms with E-state index in [-0.39, 0.29) is 5.82 Å². The lowest BCUT2D eigenvalue weighted by Crippen LogP contribution is -2.03. The predicted octanol–water partition coefficient (Wildman–Crippen LogP) is 2.82. The molecule has 2 rings (SSSR count). The maximum atomic E-state index is 13.1. The van der Waals surface area contributed by atoms with Crippen molar-refractivity contribution in [2.45, 2.75) is 13.3 Å². The van der Waals surface area contributed by atoms with Crippen LogP contribution in [0.4, 0.5) is 4.39 Å². The molecule has 0 aliphatic carbocycles. The number of nitrogens with zero attached hydrogens (tertiary/aromatic N) is 1. The summed E-state index contributed by atoms with van der Waals surface area (Å²) in [6.45, 7) is 2.27. The minimum Gasteiger partial charge on any atom is -0.456 e. The van der Waals surface area contributed by atoms with E-state index in [0.29, 0.717) is 23.6 Å². The lowest BCUT2D eigenvalue weighted by atomic mass is 10.2. The van der Waals surface area contributed by atoms with E-state index in [1.165, 1.54) is 6.07 Å². The molecule has 0 unspecified atom stereocenters. The number of nitrogens with two attached hydrogens (primary N) is 1. The van der Waals surface area contributed by atoms with Gasteiger partial charge in [-0.25, -0.2) is 4.39 Å². The summed E-state index contributed by atoms with van der Waals surface area (Å²) in [5, 5.41) is 0. The second kappa shape index (κ2) is 5.60. The lowest BCUT2D eigenvalue weighted by molar-refractivity contribution is 0.476. The molecule has 0 radical (unpaired) electrons. The highest BCUT2D eigenvalue weighted by Crippen LogP contribution is 2.23. The summed E-state index contributed by atoms with van der Waals surface area (Å²) in [7, 11) is 0. The standard InChI is InChI=1S/C14H15FN2O/c1-10-6-12(2-3-14(10)15)18-13-7-11(4-5-16)8-17-9-13/h2-3,6-9H,4-5,16H2,1H3. The maximum Gasteiger partial charge on any atom is 0.145 e. The number of ether oxygens (including phenoxy) is 1. The van der Waals surface area contributed by atoms with Gasteiger partial charge < -0.3 is 10.5 Å². The molecule has 94 valence electrons. The summed E-state index contributed by atoms with van der Waals surface area (Å²) in [6, 6.07) is 6.53. The molecule has 0 aliphatic rings. The number of rotatable bonds is 4. The van der Waals surface area contributed by atoms with Gasteiger partial charge >= 0.3 is 0 Å². The van der Waals surface area contributed by atoms with Crippen LogP contribution in [0.2, 0.25) is 0 Å². The average molecular weight is 246 g/mol. The van der Waals surface area contributed by atoms with Crippen molar-refractivity contribution in [2.75, 3.05) is 6.54 Å². The molecule has 0 aliphatic heterocycles. The highest BCUT2D eigenvalue weighted by molar-refractivity contribution is 5.34. The zero-order valence-corrected chi connectivity index (χ0v) is 10.2. The van der Waals surface area contributed by atoms with Gasteiger partial charge in [-0.1, -0.05) is 0 Å². The first kappa shape index (κ1) is 12.5. The normalized spacial score (nSPS) is 10.4. The fraction of sp³-hybridized carbons (Fsp3) is 0.214. The van der Waals surface area contributed by atoms with Crippen LogP contribution in [-0.2, 0) is 6.42 Å². The number of aryl methyl sites for hydroxylation is 1. The van der Waals surface area contributed by atoms with Gasteiger partial charge in [0.25, 0.3) is 0 Å². The molecule has 2 aromatic rings. The van der Waals surface area contributed by atoms with Crippen LogP contribution in [0.25, 0.3) is 0 Å². The molecule has 0 atom stereocenters. The van der Waals surface area contributed by atoms with Crippen LogP contribution in [0.5, 0.6) is 11.5 Å². The Morgan fingerprint density at radius 1 is 1.22 bits per heavy atom. The Morgan fingerprint density at radius 3 is 2.78 bits per heavy atom. The van der Waals surface area contributed by atoms with Crippen molar-refractivity contribution in [1.82, 2.24) is 4.98 Å². The van der Waals surface area contributed by atoms with Gasteiger partial charge in [-0.15, -0.1) is 0 Å². The van der Waals surface area contributed by atoms with Crippen molar-refractivity contribution < 1.29 is 9.13 Å². The Kier molecular flexibility index (Phi) is 3.89. The van der Waals surface area contributed by atoms with Crippen molar-refractivity contribution in [3.63, 3.8) is 0 Å². The molecule has 0 bridgehead atoms. The van der Waals surface area contributed by atoms with Gasteiger partial charge in [0.15, 0.2) is 0 Å². The van der Waals surface area contributed by atoms with E-state index in [1.54, 1.807) is 31.5 Å². The van der Waals surface area contributed by atoms with Gasteiger partial charge in [-0.2, -0.15) is 0 Å². The van der Waals surface area contributed by atoms with E-state index in [1.807, 2.05) is 6.07 Å². The second-order valence-corrected chi connectivity index (χ2v) is 4.08. The van der Waals surface area contributed by atoms with Crippen molar-refractivity contribution in [3.05, 3.63) is 53.6 Å². The van der Waals surface area contributed by atoms with E-state index < -0.39 is 0 Å². The minimum atomic E-state index is -0.239. The predicted molar refractivity (Wildman–Crippen MR) is 68.2 cm³/mol. The van der Waals surface area contributed by atoms with E-state index in [4.69, 9.17) is 10.5 Å². The molecule has 1 aromatic heterocycles. The van der Waals surface area contributed by atoms with E-state index in [2.05, 4.69) is 4.98 Å². The molecular formula is C14H15FN2O. The lowest BCUT2D eigenvalue weighted by Gasteiger charge is -2.07. The minimum absolute atomic E-state index is 0.239. The van der Waals surface area contributed by atoms with Crippen LogP contribution in [0, 0.1) is 12.7 Å². The van der Waals surface area contributed by atoms with Crippen molar-refractivity contribution in [2.24, 2.45) is 5.73 Å². The zero-order chi connectivity index (χ0) is 13.0. The molecule has 4 heteroatoms. The number of aromatic nitrogens is 1. The zero-order valence-electron chi connectivity index (χ0n) is 10.2. The van der Waals surface area contributed by atoms with Gasteiger partial charge in [-0.3, -0.25) is 4.98 Å². The quantitative estimate of drug-likeness (QED) is 0.902. The highest BCUT2D eigenvalue weighted by Gasteiger charge is 2.02. The molecule has 1 heterocycles. The fourth-order valence-electron chi connectivity index (χ4n) is 1.64. The first-order chi connectivity index (χ1) is 8.69. The molecule has 0 spiro atoms. The smallest absolute Gasteiger partial charge is 0.145 e. The number of hydrogen-bond donors (Lipinski definition) is 1. The van der Waals surface area contributed by atoms with Crippen LogP contribution in [0.1, 0.15) is 11.1 Å². The Bertz CT molecular complexity index is 543. The number of halogens is 1. The monoisotopic (exact) mass is 246 g/mol. The summed E-state index contributed by atoms with van der Waals surface area (Å²) in [6.07, 6.45) is 4.14. The van der Waals surface area contributed by atoms with Gasteiger partial charge in [-0.05, 0) is 55.3 Å². The SMILES string of the molecule is Cc1cc(Oc2cncc(CCN)c2)ccc1F. The Balaban J connectivity index is 2.17. The fourth-order valence-corrected chi connectivity index (χ4v) is 1.64. The van der Waals surface area contributed by atoms with Crippen LogP contribution >= 0.6 is 0 Å². The Labute approximate surface area is 105 Å². The molecule has 0 amide bonds. The molecular weight excluding hydrogens is 231 g/mol. The number of pyridine rings is 1. The van der Waals surface area contributed by atoms with E-state index >= 15 is 0 Å². The topological polar surface area (TPSA) is 48.1 Å². The maximum absolute atomic E-state index is 13.1. The largest absolute Gasteiger partial charge is 0.456 e. The van der Waals surface area contributed by atoms with Gasteiger partial charge in [0.05, 0.1) is 6.20 Å². The Morgan fingerprint density at radius 2 is 2.06 bits per heavy atom. The first-order valence-electron chi connectivity index (χ1n) is 5.77. The van der Waals surface area contributed by atoms with Gasteiger partial charge in [0, 0.05) is 6.20 Å². The third-order valence-corrected chi connectivity index (χ3v) is 2.57.